The van der Waals surface area contributed by atoms with Crippen LogP contribution in [-0.2, 0) is 30.9 Å². The number of amides is 1. The highest BCUT2D eigenvalue weighted by molar-refractivity contribution is 7.92. The standard InChI is InChI=1S/C25H32N2O6S/c1-2-32-24(28)15-18-34(30,31)27-17-7-6-12-23(27)14-13-21-11-8-16-26(19-21)25(29)33-20-22-9-4-3-5-10-22/h3-5,9-10,13-15,18-19,23H,2,6-8,11-12,16-17,20H2,1H3/b14-13+,18-15+/t23-/m0/s1. The summed E-state index contributed by atoms with van der Waals surface area (Å²) in [4.78, 5) is 25.6. The molecule has 0 unspecified atom stereocenters. The van der Waals surface area contributed by atoms with E-state index >= 15 is 0 Å². The van der Waals surface area contributed by atoms with Gasteiger partial charge < -0.3 is 9.47 Å². The van der Waals surface area contributed by atoms with Gasteiger partial charge in [-0.15, -0.1) is 0 Å². The van der Waals surface area contributed by atoms with E-state index in [0.29, 0.717) is 19.5 Å². The van der Waals surface area contributed by atoms with Crippen molar-refractivity contribution in [3.63, 3.8) is 0 Å². The summed E-state index contributed by atoms with van der Waals surface area (Å²) >= 11 is 0. The first-order valence-electron chi connectivity index (χ1n) is 11.6. The molecule has 1 aromatic carbocycles. The SMILES string of the molecule is CCOC(=O)/C=C/S(=O)(=O)N1CCCC[C@H]1/C=C/C1=CN(C(=O)OCc2ccccc2)CCC1. The zero-order valence-electron chi connectivity index (χ0n) is 19.5. The van der Waals surface area contributed by atoms with Crippen molar-refractivity contribution in [3.05, 3.63) is 71.3 Å². The van der Waals surface area contributed by atoms with Crippen molar-refractivity contribution in [2.24, 2.45) is 0 Å². The molecule has 0 radical (unpaired) electrons. The Labute approximate surface area is 201 Å². The van der Waals surface area contributed by atoms with Crippen molar-refractivity contribution in [1.29, 1.82) is 0 Å². The fourth-order valence-corrected chi connectivity index (χ4v) is 5.32. The number of carbonyl (C=O) groups is 2. The molecular weight excluding hydrogens is 456 g/mol. The Morgan fingerprint density at radius 3 is 2.65 bits per heavy atom. The summed E-state index contributed by atoms with van der Waals surface area (Å²) < 4.78 is 37.2. The number of benzene rings is 1. The smallest absolute Gasteiger partial charge is 0.414 e. The van der Waals surface area contributed by atoms with Crippen LogP contribution in [0.3, 0.4) is 0 Å². The lowest BCUT2D eigenvalue weighted by atomic mass is 10.0. The third-order valence-electron chi connectivity index (χ3n) is 5.65. The van der Waals surface area contributed by atoms with Crippen LogP contribution < -0.4 is 0 Å². The summed E-state index contributed by atoms with van der Waals surface area (Å²) in [5.74, 6) is -0.679. The van der Waals surface area contributed by atoms with Gasteiger partial charge in [0.2, 0.25) is 10.0 Å². The number of hydrogen-bond donors (Lipinski definition) is 0. The monoisotopic (exact) mass is 488 g/mol. The van der Waals surface area contributed by atoms with Crippen LogP contribution in [0.15, 0.2) is 65.7 Å². The highest BCUT2D eigenvalue weighted by atomic mass is 32.2. The maximum atomic E-state index is 12.8. The van der Waals surface area contributed by atoms with E-state index in [1.165, 1.54) is 4.31 Å². The summed E-state index contributed by atoms with van der Waals surface area (Å²) in [5.41, 5.74) is 1.86. The summed E-state index contributed by atoms with van der Waals surface area (Å²) in [6.45, 7) is 3.03. The predicted molar refractivity (Wildman–Crippen MR) is 129 cm³/mol. The molecule has 34 heavy (non-hydrogen) atoms. The quantitative estimate of drug-likeness (QED) is 0.404. The number of allylic oxidation sites excluding steroid dienone is 2. The van der Waals surface area contributed by atoms with Gasteiger partial charge in [0.15, 0.2) is 0 Å². The molecule has 0 saturated carbocycles. The van der Waals surface area contributed by atoms with E-state index < -0.39 is 22.1 Å². The van der Waals surface area contributed by atoms with Crippen LogP contribution in [0.2, 0.25) is 0 Å². The number of sulfonamides is 1. The molecule has 1 aromatic rings. The fraction of sp³-hybridized carbons (Fsp3) is 0.440. The van der Waals surface area contributed by atoms with Crippen molar-refractivity contribution in [2.75, 3.05) is 19.7 Å². The summed E-state index contributed by atoms with van der Waals surface area (Å²) in [5, 5.41) is 0.918. The maximum Gasteiger partial charge on any atom is 0.414 e. The van der Waals surface area contributed by atoms with Crippen LogP contribution in [0.1, 0.15) is 44.6 Å². The second-order valence-corrected chi connectivity index (χ2v) is 9.94. The van der Waals surface area contributed by atoms with Crippen LogP contribution in [0.4, 0.5) is 4.79 Å². The lowest BCUT2D eigenvalue weighted by molar-refractivity contribution is -0.137. The summed E-state index contributed by atoms with van der Waals surface area (Å²) in [7, 11) is -3.76. The first kappa shape index (κ1) is 25.7. The number of esters is 1. The van der Waals surface area contributed by atoms with Crippen LogP contribution >= 0.6 is 0 Å². The third-order valence-corrected chi connectivity index (χ3v) is 7.23. The number of nitrogens with zero attached hydrogens (tertiary/aromatic N) is 2. The van der Waals surface area contributed by atoms with Gasteiger partial charge >= 0.3 is 12.1 Å². The van der Waals surface area contributed by atoms with E-state index in [9.17, 15) is 18.0 Å². The molecule has 1 fully saturated rings. The Morgan fingerprint density at radius 1 is 1.09 bits per heavy atom. The molecule has 0 aliphatic carbocycles. The number of ether oxygens (including phenoxy) is 2. The first-order chi connectivity index (χ1) is 16.4. The van der Waals surface area contributed by atoms with E-state index in [4.69, 9.17) is 9.47 Å². The maximum absolute atomic E-state index is 12.8. The van der Waals surface area contributed by atoms with Crippen LogP contribution in [-0.4, -0.2) is 55.4 Å². The summed E-state index contributed by atoms with van der Waals surface area (Å²) in [6, 6.07) is 9.19. The molecule has 8 nitrogen and oxygen atoms in total. The lowest BCUT2D eigenvalue weighted by Gasteiger charge is -2.32. The average molecular weight is 489 g/mol. The predicted octanol–water partition coefficient (Wildman–Crippen LogP) is 4.12. The van der Waals surface area contributed by atoms with Gasteiger partial charge in [-0.1, -0.05) is 48.9 Å². The molecular formula is C25H32N2O6S. The molecule has 0 N–H and O–H groups in total. The number of piperidine rings is 1. The van der Waals surface area contributed by atoms with Crippen LogP contribution in [0.5, 0.6) is 0 Å². The van der Waals surface area contributed by atoms with Gasteiger partial charge in [0.1, 0.15) is 6.61 Å². The molecule has 0 bridgehead atoms. The zero-order valence-corrected chi connectivity index (χ0v) is 20.3. The minimum Gasteiger partial charge on any atom is -0.463 e. The highest BCUT2D eigenvalue weighted by Gasteiger charge is 2.29. The molecule has 1 amide bonds. The molecule has 2 aliphatic heterocycles. The van der Waals surface area contributed by atoms with Crippen LogP contribution in [0.25, 0.3) is 0 Å². The Morgan fingerprint density at radius 2 is 1.88 bits per heavy atom. The van der Waals surface area contributed by atoms with Crippen molar-refractivity contribution in [1.82, 2.24) is 9.21 Å². The molecule has 1 saturated heterocycles. The number of carbonyl (C=O) groups excluding carboxylic acids is 2. The lowest BCUT2D eigenvalue weighted by Crippen LogP contribution is -2.41. The molecule has 3 rings (SSSR count). The minimum atomic E-state index is -3.76. The van der Waals surface area contributed by atoms with Gasteiger partial charge in [0.25, 0.3) is 0 Å². The fourth-order valence-electron chi connectivity index (χ4n) is 3.94. The second-order valence-electron chi connectivity index (χ2n) is 8.17. The Bertz CT molecular complexity index is 1030. The van der Waals surface area contributed by atoms with E-state index in [0.717, 1.165) is 48.3 Å². The van der Waals surface area contributed by atoms with Gasteiger partial charge in [-0.05, 0) is 43.7 Å². The van der Waals surface area contributed by atoms with Crippen molar-refractivity contribution >= 4 is 22.1 Å². The van der Waals surface area contributed by atoms with E-state index in [1.807, 2.05) is 42.5 Å². The van der Waals surface area contributed by atoms with Crippen LogP contribution in [0, 0.1) is 0 Å². The van der Waals surface area contributed by atoms with Gasteiger partial charge in [-0.3, -0.25) is 4.90 Å². The summed E-state index contributed by atoms with van der Waals surface area (Å²) in [6.07, 6.45) is 10.1. The topological polar surface area (TPSA) is 93.2 Å². The van der Waals surface area contributed by atoms with E-state index in [2.05, 4.69) is 0 Å². The zero-order chi connectivity index (χ0) is 24.4. The minimum absolute atomic E-state index is 0.185. The van der Waals surface area contributed by atoms with Crippen molar-refractivity contribution in [2.45, 2.75) is 51.7 Å². The van der Waals surface area contributed by atoms with Gasteiger partial charge in [0.05, 0.1) is 12.0 Å². The third kappa shape index (κ3) is 7.56. The Kier molecular flexibility index (Phi) is 9.47. The number of hydrogen-bond acceptors (Lipinski definition) is 6. The van der Waals surface area contributed by atoms with Gasteiger partial charge in [-0.25, -0.2) is 18.0 Å². The normalized spacial score (nSPS) is 19.9. The molecule has 0 aromatic heterocycles. The molecule has 0 spiro atoms. The van der Waals surface area contributed by atoms with E-state index in [1.54, 1.807) is 18.0 Å². The Balaban J connectivity index is 1.64. The average Bonchev–Trinajstić information content (AvgIpc) is 2.86. The molecule has 2 aliphatic rings. The first-order valence-corrected chi connectivity index (χ1v) is 13.1. The van der Waals surface area contributed by atoms with Crippen molar-refractivity contribution < 1.29 is 27.5 Å². The second kappa shape index (κ2) is 12.5. The van der Waals surface area contributed by atoms with Crippen molar-refractivity contribution in [3.8, 4) is 0 Å². The largest absolute Gasteiger partial charge is 0.463 e. The molecule has 1 atom stereocenters. The highest BCUT2D eigenvalue weighted by Crippen LogP contribution is 2.24. The van der Waals surface area contributed by atoms with E-state index in [-0.39, 0.29) is 19.3 Å². The van der Waals surface area contributed by atoms with Gasteiger partial charge in [-0.2, -0.15) is 4.31 Å². The number of rotatable bonds is 8. The van der Waals surface area contributed by atoms with Gasteiger partial charge in [0, 0.05) is 31.4 Å². The molecule has 2 heterocycles. The molecule has 184 valence electrons. The Hall–Kier alpha value is -2.91. The molecule has 9 heteroatoms.